The van der Waals surface area contributed by atoms with Crippen LogP contribution in [0.3, 0.4) is 0 Å². The normalized spacial score (nSPS) is 13.8. The number of unbranched alkanes of at least 4 members (excludes halogenated alkanes) is 30. The summed E-state index contributed by atoms with van der Waals surface area (Å²) >= 11 is 0. The van der Waals surface area contributed by atoms with Crippen molar-refractivity contribution < 1.29 is 20.1 Å². The molecule has 0 fully saturated rings. The largest absolute Gasteiger partial charge is 0.394 e. The van der Waals surface area contributed by atoms with Crippen LogP contribution in [0.25, 0.3) is 0 Å². The molecule has 0 saturated carbocycles. The number of amides is 1. The van der Waals surface area contributed by atoms with Gasteiger partial charge >= 0.3 is 0 Å². The zero-order valence-electron chi connectivity index (χ0n) is 36.8. The van der Waals surface area contributed by atoms with Crippen molar-refractivity contribution in [3.8, 4) is 0 Å². The minimum atomic E-state index is -1.16. The highest BCUT2D eigenvalue weighted by Gasteiger charge is 2.26. The predicted octanol–water partition coefficient (Wildman–Crippen LogP) is 14.3. The molecule has 324 valence electrons. The number of hydrogen-bond donors (Lipinski definition) is 4. The van der Waals surface area contributed by atoms with Gasteiger partial charge in [-0.15, -0.1) is 0 Å². The van der Waals surface area contributed by atoms with Gasteiger partial charge in [0, 0.05) is 6.42 Å². The topological polar surface area (TPSA) is 89.8 Å². The summed E-state index contributed by atoms with van der Waals surface area (Å²) in [5.74, 6) is -0.156. The van der Waals surface area contributed by atoms with Gasteiger partial charge in [-0.3, -0.25) is 4.79 Å². The number of aliphatic hydroxyl groups excluding tert-OH is 3. The van der Waals surface area contributed by atoms with Gasteiger partial charge in [-0.05, 0) is 70.6 Å². The first kappa shape index (κ1) is 53.6. The summed E-state index contributed by atoms with van der Waals surface area (Å²) in [6.45, 7) is 4.17. The van der Waals surface area contributed by atoms with Gasteiger partial charge < -0.3 is 20.6 Å². The summed E-state index contributed by atoms with van der Waals surface area (Å²) in [6, 6.07) is -0.826. The molecule has 0 aromatic heterocycles. The van der Waals surface area contributed by atoms with Gasteiger partial charge in [-0.1, -0.05) is 211 Å². The molecule has 0 rings (SSSR count). The molecule has 5 heteroatoms. The fourth-order valence-electron chi connectivity index (χ4n) is 7.43. The van der Waals surface area contributed by atoms with Gasteiger partial charge in [-0.25, -0.2) is 0 Å². The molecular formula is C50H95NO4. The molecule has 0 saturated heterocycles. The lowest BCUT2D eigenvalue weighted by atomic mass is 10.0. The Morgan fingerprint density at radius 1 is 0.455 bits per heavy atom. The van der Waals surface area contributed by atoms with Gasteiger partial charge in [0.2, 0.25) is 5.91 Å². The quantitative estimate of drug-likeness (QED) is 0.0367. The van der Waals surface area contributed by atoms with E-state index >= 15 is 0 Å². The van der Waals surface area contributed by atoms with E-state index in [0.717, 1.165) is 44.9 Å². The molecule has 0 aliphatic heterocycles. The van der Waals surface area contributed by atoms with Gasteiger partial charge in [0.1, 0.15) is 6.10 Å². The Hall–Kier alpha value is -1.43. The molecule has 5 nitrogen and oxygen atoms in total. The fraction of sp³-hybridized carbons (Fsp3) is 0.860. The number of carbonyl (C=O) groups excluding carboxylic acids is 1. The lowest BCUT2D eigenvalue weighted by Gasteiger charge is -2.26. The third-order valence-electron chi connectivity index (χ3n) is 11.2. The van der Waals surface area contributed by atoms with Crippen LogP contribution < -0.4 is 5.32 Å². The Morgan fingerprint density at radius 3 is 1.16 bits per heavy atom. The summed E-state index contributed by atoms with van der Waals surface area (Å²) < 4.78 is 0. The Kier molecular flexibility index (Phi) is 44.1. The van der Waals surface area contributed by atoms with Crippen molar-refractivity contribution in [2.75, 3.05) is 6.61 Å². The number of carbonyl (C=O) groups is 1. The van der Waals surface area contributed by atoms with Crippen LogP contribution in [0.1, 0.15) is 251 Å². The van der Waals surface area contributed by atoms with Crippen LogP contribution in [0.15, 0.2) is 36.5 Å². The molecule has 0 aromatic rings. The number of allylic oxidation sites excluding steroid dienone is 6. The maximum absolute atomic E-state index is 12.4. The molecular weight excluding hydrogens is 679 g/mol. The van der Waals surface area contributed by atoms with Gasteiger partial charge in [0.05, 0.1) is 18.8 Å². The maximum Gasteiger partial charge on any atom is 0.220 e. The number of hydrogen-bond acceptors (Lipinski definition) is 4. The second-order valence-electron chi connectivity index (χ2n) is 16.7. The average molecular weight is 774 g/mol. The van der Waals surface area contributed by atoms with Crippen molar-refractivity contribution in [1.82, 2.24) is 5.32 Å². The minimum Gasteiger partial charge on any atom is -0.394 e. The van der Waals surface area contributed by atoms with Crippen molar-refractivity contribution in [2.45, 2.75) is 270 Å². The molecule has 0 radical (unpaired) electrons. The van der Waals surface area contributed by atoms with E-state index in [1.54, 1.807) is 0 Å². The van der Waals surface area contributed by atoms with E-state index in [4.69, 9.17) is 0 Å². The van der Waals surface area contributed by atoms with Gasteiger partial charge in [0.15, 0.2) is 0 Å². The van der Waals surface area contributed by atoms with E-state index in [2.05, 4.69) is 55.6 Å². The van der Waals surface area contributed by atoms with Crippen molar-refractivity contribution in [1.29, 1.82) is 0 Å². The van der Waals surface area contributed by atoms with Crippen molar-refractivity contribution in [3.05, 3.63) is 36.5 Å². The lowest BCUT2D eigenvalue weighted by molar-refractivity contribution is -0.124. The van der Waals surface area contributed by atoms with Gasteiger partial charge in [0.25, 0.3) is 0 Å². The monoisotopic (exact) mass is 774 g/mol. The standard InChI is InChI=1S/C50H95NO4/c1-3-5-7-9-11-13-15-17-19-20-21-22-23-24-25-26-27-28-29-30-31-33-35-37-39-41-43-45-49(54)51-47(46-52)50(55)48(53)44-42-40-38-36-34-32-18-16-14-12-10-8-6-4-2/h21-22,24-25,36,38,47-48,50,52-53,55H,3-20,23,26-35,37,39-46H2,1-2H3,(H,51,54)/b22-21-,25-24-,38-36+. The highest BCUT2D eigenvalue weighted by Crippen LogP contribution is 2.15. The van der Waals surface area contributed by atoms with E-state index in [9.17, 15) is 20.1 Å². The van der Waals surface area contributed by atoms with Gasteiger partial charge in [-0.2, -0.15) is 0 Å². The summed E-state index contributed by atoms with van der Waals surface area (Å²) in [7, 11) is 0. The molecule has 0 aromatic carbocycles. The van der Waals surface area contributed by atoms with Crippen LogP contribution in [-0.4, -0.2) is 46.1 Å². The van der Waals surface area contributed by atoms with E-state index in [1.807, 2.05) is 0 Å². The Labute approximate surface area is 343 Å². The van der Waals surface area contributed by atoms with E-state index in [1.165, 1.54) is 180 Å². The Balaban J connectivity index is 3.60. The molecule has 0 heterocycles. The van der Waals surface area contributed by atoms with Crippen LogP contribution in [0.5, 0.6) is 0 Å². The maximum atomic E-state index is 12.4. The molecule has 0 aliphatic rings. The Bertz CT molecular complexity index is 855. The van der Waals surface area contributed by atoms with Crippen LogP contribution in [0.4, 0.5) is 0 Å². The zero-order valence-corrected chi connectivity index (χ0v) is 36.8. The van der Waals surface area contributed by atoms with E-state index in [0.29, 0.717) is 12.8 Å². The third kappa shape index (κ3) is 40.6. The first-order chi connectivity index (χ1) is 27.1. The van der Waals surface area contributed by atoms with Crippen LogP contribution >= 0.6 is 0 Å². The molecule has 0 bridgehead atoms. The summed E-state index contributed by atoms with van der Waals surface area (Å²) in [5, 5.41) is 33.5. The summed E-state index contributed by atoms with van der Waals surface area (Å²) in [5.41, 5.74) is 0. The number of aliphatic hydroxyl groups is 3. The van der Waals surface area contributed by atoms with Crippen molar-refractivity contribution in [2.24, 2.45) is 0 Å². The molecule has 0 spiro atoms. The molecule has 55 heavy (non-hydrogen) atoms. The fourth-order valence-corrected chi connectivity index (χ4v) is 7.43. The van der Waals surface area contributed by atoms with Crippen molar-refractivity contribution in [3.63, 3.8) is 0 Å². The van der Waals surface area contributed by atoms with Crippen LogP contribution in [0, 0.1) is 0 Å². The molecule has 1 amide bonds. The summed E-state index contributed by atoms with van der Waals surface area (Å²) in [6.07, 6.45) is 57.0. The van der Waals surface area contributed by atoms with E-state index < -0.39 is 18.2 Å². The number of nitrogens with one attached hydrogen (secondary N) is 1. The SMILES string of the molecule is CCCCCCCCCCC/C=C\C/C=C\CCCCCCCCCCCCCC(=O)NC(CO)C(O)C(O)CCC/C=C/CCCCCCCCCCC. The van der Waals surface area contributed by atoms with Crippen LogP contribution in [-0.2, 0) is 4.79 Å². The van der Waals surface area contributed by atoms with Crippen LogP contribution in [0.2, 0.25) is 0 Å². The second-order valence-corrected chi connectivity index (χ2v) is 16.7. The van der Waals surface area contributed by atoms with Crippen molar-refractivity contribution >= 4 is 5.91 Å². The minimum absolute atomic E-state index is 0.156. The highest BCUT2D eigenvalue weighted by molar-refractivity contribution is 5.76. The average Bonchev–Trinajstić information content (AvgIpc) is 3.19. The Morgan fingerprint density at radius 2 is 0.782 bits per heavy atom. The molecule has 3 atom stereocenters. The molecule has 0 aliphatic carbocycles. The second kappa shape index (κ2) is 45.3. The summed E-state index contributed by atoms with van der Waals surface area (Å²) in [4.78, 5) is 12.4. The molecule has 3 unspecified atom stereocenters. The smallest absolute Gasteiger partial charge is 0.220 e. The third-order valence-corrected chi connectivity index (χ3v) is 11.2. The first-order valence-electron chi connectivity index (χ1n) is 24.3. The highest BCUT2D eigenvalue weighted by atomic mass is 16.3. The molecule has 4 N–H and O–H groups in total. The zero-order chi connectivity index (χ0) is 40.1. The number of rotatable bonds is 44. The predicted molar refractivity (Wildman–Crippen MR) is 241 cm³/mol. The van der Waals surface area contributed by atoms with E-state index in [-0.39, 0.29) is 12.5 Å². The lowest BCUT2D eigenvalue weighted by Crippen LogP contribution is -2.50. The first-order valence-corrected chi connectivity index (χ1v) is 24.3.